The summed E-state index contributed by atoms with van der Waals surface area (Å²) in [6.45, 7) is 13.1. The highest BCUT2D eigenvalue weighted by Gasteiger charge is 2.16. The normalized spacial score (nSPS) is 11.1. The third-order valence-corrected chi connectivity index (χ3v) is 6.71. The zero-order valence-electron chi connectivity index (χ0n) is 20.0. The van der Waals surface area contributed by atoms with Crippen molar-refractivity contribution in [2.24, 2.45) is 0 Å². The minimum atomic E-state index is -0.0829. The summed E-state index contributed by atoms with van der Waals surface area (Å²) in [4.78, 5) is 12.6. The maximum absolute atomic E-state index is 12.6. The molecule has 34 heavy (non-hydrogen) atoms. The second-order valence-electron chi connectivity index (χ2n) is 8.50. The number of hydrogen-bond donors (Lipinski definition) is 1. The number of hydrogen-bond acceptors (Lipinski definition) is 5. The Balaban J connectivity index is 1.67. The molecular weight excluding hydrogens is 512 g/mol. The number of carbonyl (C=O) groups is 1. The van der Waals surface area contributed by atoms with Crippen LogP contribution in [-0.4, -0.2) is 26.4 Å². The number of allylic oxidation sites excluding steroid dienone is 1. The van der Waals surface area contributed by atoms with E-state index in [1.807, 2.05) is 41.0 Å². The van der Waals surface area contributed by atoms with E-state index in [2.05, 4.69) is 71.8 Å². The largest absolute Gasteiger partial charge is 0.485 e. The molecule has 0 unspecified atom stereocenters. The first-order valence-corrected chi connectivity index (χ1v) is 13.0. The number of nitrogens with zero attached hydrogens (tertiary/aromatic N) is 3. The van der Waals surface area contributed by atoms with E-state index in [4.69, 9.17) is 4.74 Å². The standard InChI is InChI=1S/C26H31BrN4O2S/c1-6-13-31-24(15-33-23-12-11-19(27)14-21(23)18(4)5)29-30-26(31)34-16-25(32)28-22-10-8-7-9-20(22)17(2)3/h6-12,14,17-18H,1,13,15-16H2,2-5H3,(H,28,32). The average molecular weight is 544 g/mol. The van der Waals surface area contributed by atoms with E-state index in [9.17, 15) is 4.79 Å². The quantitative estimate of drug-likeness (QED) is 0.213. The monoisotopic (exact) mass is 542 g/mol. The molecule has 0 aliphatic heterocycles. The van der Waals surface area contributed by atoms with Gasteiger partial charge in [-0.2, -0.15) is 0 Å². The van der Waals surface area contributed by atoms with Crippen LogP contribution in [0, 0.1) is 0 Å². The van der Waals surface area contributed by atoms with Crippen LogP contribution in [0.5, 0.6) is 5.75 Å². The summed E-state index contributed by atoms with van der Waals surface area (Å²) < 4.78 is 9.06. The SMILES string of the molecule is C=CCn1c(COc2ccc(Br)cc2C(C)C)nnc1SCC(=O)Nc1ccccc1C(C)C. The molecule has 1 amide bonds. The molecule has 0 saturated carbocycles. The van der Waals surface area contributed by atoms with Crippen molar-refractivity contribution in [3.05, 3.63) is 76.5 Å². The third-order valence-electron chi connectivity index (χ3n) is 5.24. The van der Waals surface area contributed by atoms with Crippen molar-refractivity contribution < 1.29 is 9.53 Å². The molecule has 8 heteroatoms. The van der Waals surface area contributed by atoms with Gasteiger partial charge in [-0.05, 0) is 47.2 Å². The number of thioether (sulfide) groups is 1. The fourth-order valence-corrected chi connectivity index (χ4v) is 4.67. The Kier molecular flexibility index (Phi) is 9.36. The van der Waals surface area contributed by atoms with Gasteiger partial charge in [-0.3, -0.25) is 9.36 Å². The first-order valence-electron chi connectivity index (χ1n) is 11.3. The Bertz CT molecular complexity index is 1140. The van der Waals surface area contributed by atoms with E-state index in [1.54, 1.807) is 6.08 Å². The maximum Gasteiger partial charge on any atom is 0.234 e. The lowest BCUT2D eigenvalue weighted by atomic mass is 10.0. The van der Waals surface area contributed by atoms with Gasteiger partial charge in [0.25, 0.3) is 0 Å². The number of amides is 1. The zero-order valence-corrected chi connectivity index (χ0v) is 22.4. The van der Waals surface area contributed by atoms with Gasteiger partial charge < -0.3 is 10.1 Å². The van der Waals surface area contributed by atoms with E-state index >= 15 is 0 Å². The summed E-state index contributed by atoms with van der Waals surface area (Å²) >= 11 is 4.88. The third kappa shape index (κ3) is 6.73. The Morgan fingerprint density at radius 2 is 1.88 bits per heavy atom. The zero-order chi connectivity index (χ0) is 24.7. The first kappa shape index (κ1) is 26.0. The van der Waals surface area contributed by atoms with Crippen LogP contribution in [0.4, 0.5) is 5.69 Å². The highest BCUT2D eigenvalue weighted by Crippen LogP contribution is 2.30. The molecule has 0 atom stereocenters. The maximum atomic E-state index is 12.6. The van der Waals surface area contributed by atoms with Gasteiger partial charge in [0.1, 0.15) is 12.4 Å². The van der Waals surface area contributed by atoms with Crippen LogP contribution in [-0.2, 0) is 17.9 Å². The van der Waals surface area contributed by atoms with Gasteiger partial charge in [0.05, 0.1) is 5.75 Å². The van der Waals surface area contributed by atoms with Crippen LogP contribution < -0.4 is 10.1 Å². The van der Waals surface area contributed by atoms with Gasteiger partial charge >= 0.3 is 0 Å². The summed E-state index contributed by atoms with van der Waals surface area (Å²) in [7, 11) is 0. The molecule has 0 fully saturated rings. The fraction of sp³-hybridized carbons (Fsp3) is 0.346. The van der Waals surface area contributed by atoms with E-state index in [0.717, 1.165) is 27.0 Å². The molecule has 1 N–H and O–H groups in total. The predicted molar refractivity (Wildman–Crippen MR) is 143 cm³/mol. The molecule has 6 nitrogen and oxygen atoms in total. The molecule has 3 rings (SSSR count). The van der Waals surface area contributed by atoms with Crippen molar-refractivity contribution in [1.82, 2.24) is 14.8 Å². The second-order valence-corrected chi connectivity index (χ2v) is 10.4. The summed E-state index contributed by atoms with van der Waals surface area (Å²) in [6, 6.07) is 13.9. The Morgan fingerprint density at radius 1 is 1.15 bits per heavy atom. The van der Waals surface area contributed by atoms with Crippen molar-refractivity contribution in [3.63, 3.8) is 0 Å². The smallest absolute Gasteiger partial charge is 0.234 e. The lowest BCUT2D eigenvalue weighted by Crippen LogP contribution is -2.16. The van der Waals surface area contributed by atoms with Gasteiger partial charge in [-0.25, -0.2) is 0 Å². The molecule has 0 bridgehead atoms. The number of benzene rings is 2. The molecule has 0 aliphatic rings. The topological polar surface area (TPSA) is 69.0 Å². The summed E-state index contributed by atoms with van der Waals surface area (Å²) in [5.41, 5.74) is 3.08. The minimum Gasteiger partial charge on any atom is -0.485 e. The van der Waals surface area contributed by atoms with Crippen molar-refractivity contribution >= 4 is 39.3 Å². The molecule has 0 aliphatic carbocycles. The van der Waals surface area contributed by atoms with E-state index < -0.39 is 0 Å². The summed E-state index contributed by atoms with van der Waals surface area (Å²) in [5, 5.41) is 12.3. The number of para-hydroxylation sites is 1. The van der Waals surface area contributed by atoms with Crippen LogP contribution in [0.25, 0.3) is 0 Å². The second kappa shape index (κ2) is 12.2. The molecular formula is C26H31BrN4O2S. The lowest BCUT2D eigenvalue weighted by Gasteiger charge is -2.15. The molecule has 1 heterocycles. The highest BCUT2D eigenvalue weighted by molar-refractivity contribution is 9.10. The Morgan fingerprint density at radius 3 is 2.59 bits per heavy atom. The number of ether oxygens (including phenoxy) is 1. The van der Waals surface area contributed by atoms with Crippen molar-refractivity contribution in [3.8, 4) is 5.75 Å². The fourth-order valence-electron chi connectivity index (χ4n) is 3.52. The van der Waals surface area contributed by atoms with Crippen molar-refractivity contribution in [1.29, 1.82) is 0 Å². The van der Waals surface area contributed by atoms with Crippen LogP contribution in [0.3, 0.4) is 0 Å². The molecule has 180 valence electrons. The molecule has 0 spiro atoms. The van der Waals surface area contributed by atoms with E-state index in [0.29, 0.717) is 29.4 Å². The van der Waals surface area contributed by atoms with Crippen LogP contribution in [0.2, 0.25) is 0 Å². The molecule has 0 radical (unpaired) electrons. The molecule has 3 aromatic rings. The molecule has 2 aromatic carbocycles. The van der Waals surface area contributed by atoms with Gasteiger partial charge in [0.2, 0.25) is 5.91 Å². The van der Waals surface area contributed by atoms with Gasteiger partial charge in [0.15, 0.2) is 11.0 Å². The average Bonchev–Trinajstić information content (AvgIpc) is 3.18. The van der Waals surface area contributed by atoms with Gasteiger partial charge in [-0.15, -0.1) is 16.8 Å². The number of carbonyl (C=O) groups excluding carboxylic acids is 1. The summed E-state index contributed by atoms with van der Waals surface area (Å²) in [5.74, 6) is 2.30. The van der Waals surface area contributed by atoms with Crippen LogP contribution in [0.15, 0.2) is 64.7 Å². The number of aromatic nitrogens is 3. The van der Waals surface area contributed by atoms with Crippen molar-refractivity contribution in [2.75, 3.05) is 11.1 Å². The van der Waals surface area contributed by atoms with Gasteiger partial charge in [0, 0.05) is 16.7 Å². The summed E-state index contributed by atoms with van der Waals surface area (Å²) in [6.07, 6.45) is 1.79. The van der Waals surface area contributed by atoms with Crippen LogP contribution in [0.1, 0.15) is 56.5 Å². The number of anilines is 1. The van der Waals surface area contributed by atoms with E-state index in [-0.39, 0.29) is 18.3 Å². The Hall–Kier alpha value is -2.58. The minimum absolute atomic E-state index is 0.0829. The van der Waals surface area contributed by atoms with Crippen molar-refractivity contribution in [2.45, 2.75) is 57.8 Å². The van der Waals surface area contributed by atoms with Crippen LogP contribution >= 0.6 is 27.7 Å². The lowest BCUT2D eigenvalue weighted by molar-refractivity contribution is -0.113. The predicted octanol–water partition coefficient (Wildman–Crippen LogP) is 6.78. The molecule has 1 aromatic heterocycles. The number of halogens is 1. The Labute approximate surface area is 214 Å². The number of nitrogens with one attached hydrogen (secondary N) is 1. The van der Waals surface area contributed by atoms with E-state index in [1.165, 1.54) is 11.8 Å². The highest BCUT2D eigenvalue weighted by atomic mass is 79.9. The molecule has 0 saturated heterocycles. The first-order chi connectivity index (χ1) is 16.3. The van der Waals surface area contributed by atoms with Gasteiger partial charge in [-0.1, -0.05) is 79.7 Å². The number of rotatable bonds is 11.